The third-order valence-corrected chi connectivity index (χ3v) is 3.82. The molecule has 2 rings (SSSR count). The topological polar surface area (TPSA) is 29.3 Å². The highest BCUT2D eigenvalue weighted by Gasteiger charge is 2.10. The van der Waals surface area contributed by atoms with Crippen LogP contribution in [-0.4, -0.2) is 7.05 Å². The van der Waals surface area contributed by atoms with Crippen LogP contribution in [0.4, 0.5) is 11.4 Å². The van der Waals surface area contributed by atoms with E-state index in [1.54, 1.807) is 0 Å². The fourth-order valence-electron chi connectivity index (χ4n) is 1.97. The Morgan fingerprint density at radius 1 is 1.11 bits per heavy atom. The molecule has 0 saturated carbocycles. The Kier molecular flexibility index (Phi) is 4.04. The van der Waals surface area contributed by atoms with Gasteiger partial charge in [0, 0.05) is 35.0 Å². The van der Waals surface area contributed by atoms with Crippen molar-refractivity contribution in [2.45, 2.75) is 13.5 Å². The van der Waals surface area contributed by atoms with Crippen molar-refractivity contribution >= 4 is 27.3 Å². The lowest BCUT2D eigenvalue weighted by Gasteiger charge is -2.23. The van der Waals surface area contributed by atoms with E-state index in [1.165, 1.54) is 5.56 Å². The van der Waals surface area contributed by atoms with E-state index in [2.05, 4.69) is 65.1 Å². The van der Waals surface area contributed by atoms with Crippen molar-refractivity contribution in [3.8, 4) is 0 Å². The molecule has 0 aliphatic carbocycles. The molecule has 2 N–H and O–H groups in total. The van der Waals surface area contributed by atoms with Crippen molar-refractivity contribution < 1.29 is 0 Å². The van der Waals surface area contributed by atoms with Crippen LogP contribution in [0.15, 0.2) is 46.9 Å². The summed E-state index contributed by atoms with van der Waals surface area (Å²) in [6.07, 6.45) is 0. The number of halogens is 1. The second-order valence-electron chi connectivity index (χ2n) is 4.34. The molecule has 2 aromatic carbocycles. The van der Waals surface area contributed by atoms with E-state index in [0.29, 0.717) is 6.54 Å². The number of anilines is 2. The molecule has 2 nitrogen and oxygen atoms in total. The van der Waals surface area contributed by atoms with Crippen LogP contribution in [0.3, 0.4) is 0 Å². The number of hydrogen-bond acceptors (Lipinski definition) is 2. The van der Waals surface area contributed by atoms with Crippen molar-refractivity contribution in [2.75, 3.05) is 11.9 Å². The van der Waals surface area contributed by atoms with Gasteiger partial charge in [-0.1, -0.05) is 39.7 Å². The lowest BCUT2D eigenvalue weighted by Crippen LogP contribution is -2.13. The van der Waals surface area contributed by atoms with Gasteiger partial charge in [0.05, 0.1) is 0 Å². The standard InChI is InChI=1S/C15H17BrN2/c1-11-6-8-12(9-7-11)18(2)15-5-3-4-14(16)13(15)10-17/h3-9H,10,17H2,1-2H3. The molecule has 94 valence electrons. The van der Waals surface area contributed by atoms with Gasteiger partial charge in [-0.3, -0.25) is 0 Å². The first kappa shape index (κ1) is 13.1. The zero-order chi connectivity index (χ0) is 13.1. The number of nitrogens with two attached hydrogens (primary N) is 1. The minimum atomic E-state index is 0.521. The van der Waals surface area contributed by atoms with Crippen LogP contribution in [-0.2, 0) is 6.54 Å². The molecule has 0 amide bonds. The molecule has 0 unspecified atom stereocenters. The summed E-state index contributed by atoms with van der Waals surface area (Å²) < 4.78 is 1.06. The van der Waals surface area contributed by atoms with Gasteiger partial charge in [-0.2, -0.15) is 0 Å². The normalized spacial score (nSPS) is 10.4. The van der Waals surface area contributed by atoms with E-state index >= 15 is 0 Å². The summed E-state index contributed by atoms with van der Waals surface area (Å²) in [6.45, 7) is 2.61. The van der Waals surface area contributed by atoms with Gasteiger partial charge in [0.15, 0.2) is 0 Å². The quantitative estimate of drug-likeness (QED) is 0.929. The van der Waals surface area contributed by atoms with Crippen molar-refractivity contribution in [1.29, 1.82) is 0 Å². The van der Waals surface area contributed by atoms with Crippen LogP contribution in [0.2, 0.25) is 0 Å². The Labute approximate surface area is 117 Å². The van der Waals surface area contributed by atoms with Gasteiger partial charge in [-0.25, -0.2) is 0 Å². The summed E-state index contributed by atoms with van der Waals surface area (Å²) in [4.78, 5) is 2.16. The van der Waals surface area contributed by atoms with E-state index in [9.17, 15) is 0 Å². The molecule has 0 spiro atoms. The molecule has 0 bridgehead atoms. The van der Waals surface area contributed by atoms with Crippen LogP contribution < -0.4 is 10.6 Å². The van der Waals surface area contributed by atoms with Gasteiger partial charge in [0.25, 0.3) is 0 Å². The third kappa shape index (κ3) is 2.57. The van der Waals surface area contributed by atoms with E-state index in [1.807, 2.05) is 12.1 Å². The van der Waals surface area contributed by atoms with Gasteiger partial charge in [-0.15, -0.1) is 0 Å². The van der Waals surface area contributed by atoms with Crippen molar-refractivity contribution in [1.82, 2.24) is 0 Å². The first-order valence-electron chi connectivity index (χ1n) is 5.91. The molecular weight excluding hydrogens is 288 g/mol. The van der Waals surface area contributed by atoms with E-state index in [0.717, 1.165) is 21.4 Å². The number of aryl methyl sites for hydroxylation is 1. The summed E-state index contributed by atoms with van der Waals surface area (Å²) in [5.41, 5.74) is 10.5. The van der Waals surface area contributed by atoms with Gasteiger partial charge >= 0.3 is 0 Å². The van der Waals surface area contributed by atoms with Gasteiger partial charge < -0.3 is 10.6 Å². The average Bonchev–Trinajstić information content (AvgIpc) is 2.38. The summed E-state index contributed by atoms with van der Waals surface area (Å²) in [5.74, 6) is 0. The van der Waals surface area contributed by atoms with Crippen LogP contribution in [0.5, 0.6) is 0 Å². The van der Waals surface area contributed by atoms with Crippen molar-refractivity contribution in [3.05, 3.63) is 58.1 Å². The van der Waals surface area contributed by atoms with E-state index < -0.39 is 0 Å². The van der Waals surface area contributed by atoms with E-state index in [4.69, 9.17) is 5.73 Å². The second-order valence-corrected chi connectivity index (χ2v) is 5.19. The fraction of sp³-hybridized carbons (Fsp3) is 0.200. The Morgan fingerprint density at radius 2 is 1.78 bits per heavy atom. The number of hydrogen-bond donors (Lipinski definition) is 1. The highest BCUT2D eigenvalue weighted by molar-refractivity contribution is 9.10. The third-order valence-electron chi connectivity index (χ3n) is 3.08. The molecule has 0 saturated heterocycles. The Balaban J connectivity index is 2.42. The maximum Gasteiger partial charge on any atom is 0.0465 e. The Morgan fingerprint density at radius 3 is 2.39 bits per heavy atom. The molecule has 0 aliphatic rings. The maximum absolute atomic E-state index is 5.83. The molecule has 0 aromatic heterocycles. The fourth-order valence-corrected chi connectivity index (χ4v) is 2.49. The number of benzene rings is 2. The zero-order valence-corrected chi connectivity index (χ0v) is 12.2. The molecule has 0 radical (unpaired) electrons. The molecule has 18 heavy (non-hydrogen) atoms. The van der Waals surface area contributed by atoms with Crippen LogP contribution in [0.25, 0.3) is 0 Å². The Hall–Kier alpha value is -1.32. The van der Waals surface area contributed by atoms with Gasteiger partial charge in [0.2, 0.25) is 0 Å². The number of rotatable bonds is 3. The van der Waals surface area contributed by atoms with Gasteiger partial charge in [0.1, 0.15) is 0 Å². The van der Waals surface area contributed by atoms with Crippen LogP contribution in [0.1, 0.15) is 11.1 Å². The molecule has 2 aromatic rings. The predicted molar refractivity (Wildman–Crippen MR) is 81.3 cm³/mol. The van der Waals surface area contributed by atoms with Crippen LogP contribution >= 0.6 is 15.9 Å². The Bertz CT molecular complexity index is 535. The lowest BCUT2D eigenvalue weighted by molar-refractivity contribution is 1.04. The minimum absolute atomic E-state index is 0.521. The highest BCUT2D eigenvalue weighted by Crippen LogP contribution is 2.31. The first-order chi connectivity index (χ1) is 8.63. The largest absolute Gasteiger partial charge is 0.344 e. The molecule has 0 aliphatic heterocycles. The first-order valence-corrected chi connectivity index (χ1v) is 6.70. The molecule has 0 fully saturated rings. The highest BCUT2D eigenvalue weighted by atomic mass is 79.9. The lowest BCUT2D eigenvalue weighted by atomic mass is 10.1. The molecule has 0 atom stereocenters. The monoisotopic (exact) mass is 304 g/mol. The van der Waals surface area contributed by atoms with Crippen LogP contribution in [0, 0.1) is 6.92 Å². The van der Waals surface area contributed by atoms with Crippen molar-refractivity contribution in [3.63, 3.8) is 0 Å². The summed E-state index contributed by atoms with van der Waals surface area (Å²) in [7, 11) is 2.06. The molecule has 0 heterocycles. The summed E-state index contributed by atoms with van der Waals surface area (Å²) in [5, 5.41) is 0. The zero-order valence-electron chi connectivity index (χ0n) is 10.7. The van der Waals surface area contributed by atoms with Crippen molar-refractivity contribution in [2.24, 2.45) is 5.73 Å². The number of nitrogens with zero attached hydrogens (tertiary/aromatic N) is 1. The summed E-state index contributed by atoms with van der Waals surface area (Å²) >= 11 is 3.55. The molecular formula is C15H17BrN2. The smallest absolute Gasteiger partial charge is 0.0465 e. The minimum Gasteiger partial charge on any atom is -0.344 e. The molecule has 3 heteroatoms. The second kappa shape index (κ2) is 5.55. The predicted octanol–water partition coefficient (Wildman–Crippen LogP) is 3.98. The SMILES string of the molecule is Cc1ccc(N(C)c2cccc(Br)c2CN)cc1. The van der Waals surface area contributed by atoms with E-state index in [-0.39, 0.29) is 0 Å². The summed E-state index contributed by atoms with van der Waals surface area (Å²) in [6, 6.07) is 14.6. The average molecular weight is 305 g/mol. The maximum atomic E-state index is 5.83. The van der Waals surface area contributed by atoms with Gasteiger partial charge in [-0.05, 0) is 31.2 Å².